The summed E-state index contributed by atoms with van der Waals surface area (Å²) in [6.07, 6.45) is 0. The first-order valence-corrected chi connectivity index (χ1v) is 7.54. The van der Waals surface area contributed by atoms with Crippen LogP contribution in [0.1, 0.15) is 11.1 Å². The summed E-state index contributed by atoms with van der Waals surface area (Å²) in [5.41, 5.74) is 3.17. The van der Waals surface area contributed by atoms with E-state index in [0.717, 1.165) is 21.5 Å². The zero-order valence-electron chi connectivity index (χ0n) is 12.5. The van der Waals surface area contributed by atoms with Gasteiger partial charge in [-0.3, -0.25) is 0 Å². The molecule has 0 aromatic heterocycles. The van der Waals surface area contributed by atoms with Gasteiger partial charge in [0.15, 0.2) is 0 Å². The van der Waals surface area contributed by atoms with Gasteiger partial charge in [0, 0.05) is 24.1 Å². The molecule has 3 nitrogen and oxygen atoms in total. The molecule has 0 aliphatic heterocycles. The number of ether oxygens (including phenoxy) is 1. The molecule has 2 rings (SSSR count). The van der Waals surface area contributed by atoms with Crippen molar-refractivity contribution in [2.75, 3.05) is 20.7 Å². The van der Waals surface area contributed by atoms with Crippen molar-refractivity contribution in [3.63, 3.8) is 0 Å². The normalized spacial score (nSPS) is 11.3. The van der Waals surface area contributed by atoms with Gasteiger partial charge in [0.1, 0.15) is 18.1 Å². The van der Waals surface area contributed by atoms with Crippen molar-refractivity contribution in [2.24, 2.45) is 5.10 Å². The van der Waals surface area contributed by atoms with Gasteiger partial charge in [-0.2, -0.15) is 5.10 Å². The van der Waals surface area contributed by atoms with Gasteiger partial charge in [-0.05, 0) is 31.2 Å². The summed E-state index contributed by atoms with van der Waals surface area (Å²) in [5.74, 6) is 0.851. The van der Waals surface area contributed by atoms with Crippen LogP contribution >= 0.6 is 15.9 Å². The minimum absolute atomic E-state index is 0.433. The number of hydrazone groups is 1. The number of halogens is 1. The van der Waals surface area contributed by atoms with Crippen molar-refractivity contribution in [3.8, 4) is 5.75 Å². The van der Waals surface area contributed by atoms with E-state index in [9.17, 15) is 0 Å². The molecule has 2 aromatic rings. The highest BCUT2D eigenvalue weighted by atomic mass is 79.9. The summed E-state index contributed by atoms with van der Waals surface area (Å²) >= 11 is 3.45. The molecular formula is C17H19BrN2O. The van der Waals surface area contributed by atoms with Gasteiger partial charge in [0.05, 0.1) is 0 Å². The molecule has 4 heteroatoms. The van der Waals surface area contributed by atoms with Gasteiger partial charge in [0.25, 0.3) is 0 Å². The van der Waals surface area contributed by atoms with Gasteiger partial charge in [-0.15, -0.1) is 0 Å². The number of benzene rings is 2. The van der Waals surface area contributed by atoms with E-state index >= 15 is 0 Å². The molecule has 110 valence electrons. The monoisotopic (exact) mass is 346 g/mol. The number of nitrogens with zero attached hydrogens (tertiary/aromatic N) is 2. The Morgan fingerprint density at radius 1 is 1.05 bits per heavy atom. The maximum atomic E-state index is 5.84. The predicted molar refractivity (Wildman–Crippen MR) is 91.0 cm³/mol. The third kappa shape index (κ3) is 4.90. The Labute approximate surface area is 134 Å². The third-order valence-corrected chi connectivity index (χ3v) is 3.42. The van der Waals surface area contributed by atoms with Crippen LogP contribution in [0.5, 0.6) is 5.75 Å². The first-order chi connectivity index (χ1) is 10.0. The van der Waals surface area contributed by atoms with Crippen LogP contribution in [0, 0.1) is 6.92 Å². The van der Waals surface area contributed by atoms with E-state index in [1.54, 1.807) is 5.01 Å². The molecule has 0 radical (unpaired) electrons. The second-order valence-corrected chi connectivity index (χ2v) is 5.92. The Hall–Kier alpha value is -1.81. The van der Waals surface area contributed by atoms with Gasteiger partial charge < -0.3 is 9.75 Å². The van der Waals surface area contributed by atoms with Crippen molar-refractivity contribution in [2.45, 2.75) is 6.92 Å². The molecule has 0 aliphatic rings. The SMILES string of the molecule is Cc1ccc(OC/C(=N/N(C)C)c2ccc(Br)cc2)cc1. The Morgan fingerprint density at radius 3 is 2.24 bits per heavy atom. The number of hydrogen-bond acceptors (Lipinski definition) is 3. The highest BCUT2D eigenvalue weighted by Crippen LogP contribution is 2.14. The zero-order valence-corrected chi connectivity index (χ0v) is 14.1. The van der Waals surface area contributed by atoms with E-state index < -0.39 is 0 Å². The van der Waals surface area contributed by atoms with Crippen molar-refractivity contribution in [1.82, 2.24) is 5.01 Å². The minimum Gasteiger partial charge on any atom is -0.487 e. The summed E-state index contributed by atoms with van der Waals surface area (Å²) in [6.45, 7) is 2.49. The van der Waals surface area contributed by atoms with Crippen LogP contribution in [0.2, 0.25) is 0 Å². The fourth-order valence-electron chi connectivity index (χ4n) is 1.84. The van der Waals surface area contributed by atoms with Crippen LogP contribution in [0.3, 0.4) is 0 Å². The van der Waals surface area contributed by atoms with E-state index in [1.165, 1.54) is 5.56 Å². The van der Waals surface area contributed by atoms with Crippen LogP contribution < -0.4 is 4.74 Å². The van der Waals surface area contributed by atoms with E-state index in [0.29, 0.717) is 6.61 Å². The van der Waals surface area contributed by atoms with E-state index in [2.05, 4.69) is 28.0 Å². The maximum Gasteiger partial charge on any atom is 0.133 e. The smallest absolute Gasteiger partial charge is 0.133 e. The predicted octanol–water partition coefficient (Wildman–Crippen LogP) is 4.10. The molecule has 0 N–H and O–H groups in total. The minimum atomic E-state index is 0.433. The summed E-state index contributed by atoms with van der Waals surface area (Å²) in [4.78, 5) is 0. The first-order valence-electron chi connectivity index (χ1n) is 6.75. The van der Waals surface area contributed by atoms with Gasteiger partial charge in [0.2, 0.25) is 0 Å². The van der Waals surface area contributed by atoms with Gasteiger partial charge in [-0.25, -0.2) is 0 Å². The van der Waals surface area contributed by atoms with Gasteiger partial charge >= 0.3 is 0 Å². The van der Waals surface area contributed by atoms with E-state index in [4.69, 9.17) is 4.74 Å². The van der Waals surface area contributed by atoms with Crippen LogP contribution in [-0.4, -0.2) is 31.4 Å². The third-order valence-electron chi connectivity index (χ3n) is 2.89. The summed E-state index contributed by atoms with van der Waals surface area (Å²) in [6, 6.07) is 16.1. The van der Waals surface area contributed by atoms with Crippen LogP contribution in [0.15, 0.2) is 58.1 Å². The molecular weight excluding hydrogens is 328 g/mol. The van der Waals surface area contributed by atoms with E-state index in [-0.39, 0.29) is 0 Å². The molecule has 0 saturated carbocycles. The molecule has 0 fully saturated rings. The topological polar surface area (TPSA) is 24.8 Å². The fourth-order valence-corrected chi connectivity index (χ4v) is 2.10. The average molecular weight is 347 g/mol. The summed E-state index contributed by atoms with van der Waals surface area (Å²) in [5, 5.41) is 6.31. The number of rotatable bonds is 5. The van der Waals surface area contributed by atoms with E-state index in [1.807, 2.05) is 62.6 Å². The van der Waals surface area contributed by atoms with Crippen molar-refractivity contribution in [1.29, 1.82) is 0 Å². The molecule has 0 unspecified atom stereocenters. The molecule has 21 heavy (non-hydrogen) atoms. The van der Waals surface area contributed by atoms with Crippen LogP contribution in [-0.2, 0) is 0 Å². The molecule has 0 saturated heterocycles. The van der Waals surface area contributed by atoms with Gasteiger partial charge in [-0.1, -0.05) is 45.8 Å². The quantitative estimate of drug-likeness (QED) is 0.601. The lowest BCUT2D eigenvalue weighted by Crippen LogP contribution is -2.17. The molecule has 2 aromatic carbocycles. The molecule has 0 heterocycles. The summed E-state index contributed by atoms with van der Waals surface area (Å²) in [7, 11) is 3.81. The largest absolute Gasteiger partial charge is 0.487 e. The maximum absolute atomic E-state index is 5.84. The lowest BCUT2D eigenvalue weighted by atomic mass is 10.1. The Bertz CT molecular complexity index is 604. The van der Waals surface area contributed by atoms with Crippen molar-refractivity contribution in [3.05, 3.63) is 64.1 Å². The highest BCUT2D eigenvalue weighted by molar-refractivity contribution is 9.10. The molecule has 0 amide bonds. The standard InChI is InChI=1S/C17H19BrN2O/c1-13-4-10-16(11-5-13)21-12-17(19-20(2)3)14-6-8-15(18)9-7-14/h4-11H,12H2,1-3H3/b19-17-. The van der Waals surface area contributed by atoms with Crippen LogP contribution in [0.25, 0.3) is 0 Å². The zero-order chi connectivity index (χ0) is 15.2. The second kappa shape index (κ2) is 7.27. The molecule has 0 aliphatic carbocycles. The summed E-state index contributed by atoms with van der Waals surface area (Å²) < 4.78 is 6.89. The molecule has 0 bridgehead atoms. The Balaban J connectivity index is 2.14. The number of hydrogen-bond donors (Lipinski definition) is 0. The molecule has 0 atom stereocenters. The average Bonchev–Trinajstić information content (AvgIpc) is 2.46. The Kier molecular flexibility index (Phi) is 5.39. The van der Waals surface area contributed by atoms with Crippen molar-refractivity contribution < 1.29 is 4.74 Å². The number of aryl methyl sites for hydroxylation is 1. The Morgan fingerprint density at radius 2 is 1.67 bits per heavy atom. The van der Waals surface area contributed by atoms with Crippen LogP contribution in [0.4, 0.5) is 0 Å². The highest BCUT2D eigenvalue weighted by Gasteiger charge is 2.06. The molecule has 0 spiro atoms. The lowest BCUT2D eigenvalue weighted by Gasteiger charge is -2.13. The van der Waals surface area contributed by atoms with Crippen molar-refractivity contribution >= 4 is 21.6 Å². The lowest BCUT2D eigenvalue weighted by molar-refractivity contribution is 0.367. The fraction of sp³-hybridized carbons (Fsp3) is 0.235. The second-order valence-electron chi connectivity index (χ2n) is 5.00. The first kappa shape index (κ1) is 15.6.